The van der Waals surface area contributed by atoms with Crippen LogP contribution in [0.15, 0.2) is 24.3 Å². The van der Waals surface area contributed by atoms with Gasteiger partial charge in [0.25, 0.3) is 0 Å². The van der Waals surface area contributed by atoms with Crippen molar-refractivity contribution in [1.82, 2.24) is 0 Å². The van der Waals surface area contributed by atoms with E-state index in [2.05, 4.69) is 32.9 Å². The molecule has 1 heteroatoms. The molecule has 0 bridgehead atoms. The highest BCUT2D eigenvalue weighted by molar-refractivity contribution is 5.27. The number of hydrogen-bond acceptors (Lipinski definition) is 1. The molecule has 0 aliphatic rings. The highest BCUT2D eigenvalue weighted by Gasteiger charge is 1.96. The monoisotopic (exact) mass is 178 g/mol. The Morgan fingerprint density at radius 1 is 1.31 bits per heavy atom. The van der Waals surface area contributed by atoms with E-state index in [9.17, 15) is 0 Å². The molecule has 0 atom stereocenters. The minimum Gasteiger partial charge on any atom is -0.494 e. The largest absolute Gasteiger partial charge is 0.494 e. The van der Waals surface area contributed by atoms with Crippen molar-refractivity contribution in [3.05, 3.63) is 29.8 Å². The Kier molecular flexibility index (Phi) is 3.81. The molecule has 0 spiro atoms. The van der Waals surface area contributed by atoms with Gasteiger partial charge >= 0.3 is 0 Å². The quantitative estimate of drug-likeness (QED) is 0.686. The summed E-state index contributed by atoms with van der Waals surface area (Å²) < 4.78 is 5.60. The van der Waals surface area contributed by atoms with Crippen LogP contribution in [0.2, 0.25) is 0 Å². The van der Waals surface area contributed by atoms with Crippen molar-refractivity contribution in [2.75, 3.05) is 6.61 Å². The van der Waals surface area contributed by atoms with Gasteiger partial charge in [0.2, 0.25) is 0 Å². The van der Waals surface area contributed by atoms with Gasteiger partial charge in [0, 0.05) is 0 Å². The van der Waals surface area contributed by atoms with Crippen molar-refractivity contribution < 1.29 is 4.74 Å². The van der Waals surface area contributed by atoms with Gasteiger partial charge in [-0.1, -0.05) is 26.0 Å². The van der Waals surface area contributed by atoms with E-state index in [4.69, 9.17) is 4.74 Å². The average Bonchev–Trinajstić information content (AvgIpc) is 2.03. The Labute approximate surface area is 80.7 Å². The molecule has 0 radical (unpaired) electrons. The summed E-state index contributed by atoms with van der Waals surface area (Å²) in [6, 6.07) is 8.18. The molecular weight excluding hydrogens is 160 g/mol. The van der Waals surface area contributed by atoms with Gasteiger partial charge in [0.05, 0.1) is 6.61 Å². The third kappa shape index (κ3) is 3.97. The molecule has 0 aliphatic heterocycles. The van der Waals surface area contributed by atoms with E-state index in [1.54, 1.807) is 0 Å². The number of rotatable bonds is 4. The van der Waals surface area contributed by atoms with Crippen LogP contribution >= 0.6 is 0 Å². The summed E-state index contributed by atoms with van der Waals surface area (Å²) in [6.07, 6.45) is 1.12. The van der Waals surface area contributed by atoms with E-state index in [1.807, 2.05) is 12.1 Å². The summed E-state index contributed by atoms with van der Waals surface area (Å²) in [5, 5.41) is 0. The van der Waals surface area contributed by atoms with Crippen LogP contribution in [-0.4, -0.2) is 6.61 Å². The Balaban J connectivity index is 2.37. The summed E-state index contributed by atoms with van der Waals surface area (Å²) in [5.41, 5.74) is 1.25. The first-order valence-corrected chi connectivity index (χ1v) is 4.88. The molecule has 1 aromatic rings. The van der Waals surface area contributed by atoms with Gasteiger partial charge in [-0.05, 0) is 37.0 Å². The topological polar surface area (TPSA) is 9.23 Å². The molecule has 0 unspecified atom stereocenters. The molecule has 0 amide bonds. The van der Waals surface area contributed by atoms with Crippen molar-refractivity contribution in [3.8, 4) is 5.75 Å². The third-order valence-corrected chi connectivity index (χ3v) is 1.95. The Hall–Kier alpha value is -0.980. The number of hydrogen-bond donors (Lipinski definition) is 0. The van der Waals surface area contributed by atoms with Crippen LogP contribution in [0, 0.1) is 12.8 Å². The van der Waals surface area contributed by atoms with Crippen LogP contribution in [0.1, 0.15) is 25.8 Å². The van der Waals surface area contributed by atoms with Crippen molar-refractivity contribution >= 4 is 0 Å². The van der Waals surface area contributed by atoms with Crippen LogP contribution in [-0.2, 0) is 0 Å². The first-order chi connectivity index (χ1) is 6.18. The molecule has 72 valence electrons. The molecular formula is C12H18O. The predicted octanol–water partition coefficient (Wildman–Crippen LogP) is 3.42. The molecule has 1 nitrogen and oxygen atoms in total. The maximum atomic E-state index is 5.60. The fourth-order valence-corrected chi connectivity index (χ4v) is 1.12. The zero-order valence-electron chi connectivity index (χ0n) is 8.71. The lowest BCUT2D eigenvalue weighted by atomic mass is 10.1. The number of benzene rings is 1. The molecule has 13 heavy (non-hydrogen) atoms. The van der Waals surface area contributed by atoms with Gasteiger partial charge in [-0.15, -0.1) is 0 Å². The second kappa shape index (κ2) is 4.90. The van der Waals surface area contributed by atoms with E-state index in [1.165, 1.54) is 5.56 Å². The van der Waals surface area contributed by atoms with Gasteiger partial charge in [-0.25, -0.2) is 0 Å². The Morgan fingerprint density at radius 2 is 2.08 bits per heavy atom. The lowest BCUT2D eigenvalue weighted by Gasteiger charge is -2.08. The van der Waals surface area contributed by atoms with Crippen molar-refractivity contribution in [2.45, 2.75) is 27.2 Å². The van der Waals surface area contributed by atoms with E-state index in [-0.39, 0.29) is 0 Å². The second-order valence-electron chi connectivity index (χ2n) is 3.85. The summed E-state index contributed by atoms with van der Waals surface area (Å²) in [5.74, 6) is 1.70. The molecule has 0 heterocycles. The lowest BCUT2D eigenvalue weighted by Crippen LogP contribution is -2.01. The Morgan fingerprint density at radius 3 is 2.69 bits per heavy atom. The fraction of sp³-hybridized carbons (Fsp3) is 0.500. The predicted molar refractivity (Wildman–Crippen MR) is 56.1 cm³/mol. The fourth-order valence-electron chi connectivity index (χ4n) is 1.12. The van der Waals surface area contributed by atoms with Crippen LogP contribution in [0.4, 0.5) is 0 Å². The summed E-state index contributed by atoms with van der Waals surface area (Å²) >= 11 is 0. The van der Waals surface area contributed by atoms with E-state index >= 15 is 0 Å². The number of aryl methyl sites for hydroxylation is 1. The van der Waals surface area contributed by atoms with E-state index in [0.29, 0.717) is 5.92 Å². The van der Waals surface area contributed by atoms with Crippen LogP contribution in [0.3, 0.4) is 0 Å². The normalized spacial score (nSPS) is 10.5. The number of ether oxygens (including phenoxy) is 1. The molecule has 0 fully saturated rings. The van der Waals surface area contributed by atoms with Gasteiger partial charge in [-0.3, -0.25) is 0 Å². The average molecular weight is 178 g/mol. The minimum atomic E-state index is 0.713. The van der Waals surface area contributed by atoms with Crippen molar-refractivity contribution in [3.63, 3.8) is 0 Å². The van der Waals surface area contributed by atoms with E-state index in [0.717, 1.165) is 18.8 Å². The molecule has 0 saturated heterocycles. The first-order valence-electron chi connectivity index (χ1n) is 4.88. The maximum absolute atomic E-state index is 5.60. The van der Waals surface area contributed by atoms with Crippen LogP contribution < -0.4 is 4.74 Å². The standard InChI is InChI=1S/C12H18O/c1-10(2)7-8-13-12-6-4-5-11(3)9-12/h4-6,9-10H,7-8H2,1-3H3. The molecule has 0 aromatic heterocycles. The minimum absolute atomic E-state index is 0.713. The first kappa shape index (κ1) is 10.1. The lowest BCUT2D eigenvalue weighted by molar-refractivity contribution is 0.289. The smallest absolute Gasteiger partial charge is 0.119 e. The SMILES string of the molecule is Cc1cccc(OCCC(C)C)c1. The maximum Gasteiger partial charge on any atom is 0.119 e. The molecule has 0 aliphatic carbocycles. The molecule has 1 rings (SSSR count). The van der Waals surface area contributed by atoms with Gasteiger partial charge in [-0.2, -0.15) is 0 Å². The van der Waals surface area contributed by atoms with Crippen molar-refractivity contribution in [1.29, 1.82) is 0 Å². The summed E-state index contributed by atoms with van der Waals surface area (Å²) in [7, 11) is 0. The molecule has 1 aromatic carbocycles. The van der Waals surface area contributed by atoms with Gasteiger partial charge in [0.15, 0.2) is 0 Å². The van der Waals surface area contributed by atoms with Gasteiger partial charge < -0.3 is 4.74 Å². The van der Waals surface area contributed by atoms with E-state index < -0.39 is 0 Å². The van der Waals surface area contributed by atoms with Crippen LogP contribution in [0.25, 0.3) is 0 Å². The zero-order valence-corrected chi connectivity index (χ0v) is 8.71. The third-order valence-electron chi connectivity index (χ3n) is 1.95. The van der Waals surface area contributed by atoms with Crippen molar-refractivity contribution in [2.24, 2.45) is 5.92 Å². The second-order valence-corrected chi connectivity index (χ2v) is 3.85. The zero-order chi connectivity index (χ0) is 9.68. The summed E-state index contributed by atoms with van der Waals surface area (Å²) in [6.45, 7) is 7.32. The van der Waals surface area contributed by atoms with Gasteiger partial charge in [0.1, 0.15) is 5.75 Å². The highest BCUT2D eigenvalue weighted by atomic mass is 16.5. The summed E-state index contributed by atoms with van der Waals surface area (Å²) in [4.78, 5) is 0. The highest BCUT2D eigenvalue weighted by Crippen LogP contribution is 2.13. The Bertz CT molecular complexity index is 253. The van der Waals surface area contributed by atoms with Crippen LogP contribution in [0.5, 0.6) is 5.75 Å². The molecule has 0 saturated carbocycles. The molecule has 0 N–H and O–H groups in total.